The van der Waals surface area contributed by atoms with Crippen LogP contribution in [0.3, 0.4) is 0 Å². The Bertz CT molecular complexity index is 1510. The molecule has 2 aromatic carbocycles. The molecule has 0 radical (unpaired) electrons. The van der Waals surface area contributed by atoms with E-state index in [0.717, 1.165) is 22.0 Å². The summed E-state index contributed by atoms with van der Waals surface area (Å²) in [5.74, 6) is -0.473. The number of aromatic amines is 1. The van der Waals surface area contributed by atoms with Crippen molar-refractivity contribution >= 4 is 45.9 Å². The largest absolute Gasteiger partial charge is 0.456 e. The zero-order chi connectivity index (χ0) is 27.7. The monoisotopic (exact) mass is 513 g/mol. The van der Waals surface area contributed by atoms with E-state index in [2.05, 4.69) is 4.98 Å². The number of ether oxygens (including phenoxy) is 2. The predicted molar refractivity (Wildman–Crippen MR) is 152 cm³/mol. The summed E-state index contributed by atoms with van der Waals surface area (Å²) in [4.78, 5) is 35.7. The van der Waals surface area contributed by atoms with Gasteiger partial charge in [-0.2, -0.15) is 0 Å². The lowest BCUT2D eigenvalue weighted by molar-refractivity contribution is 0.00659. The first-order valence-electron chi connectivity index (χ1n) is 12.6. The van der Waals surface area contributed by atoms with Gasteiger partial charge >= 0.3 is 12.1 Å². The highest BCUT2D eigenvalue weighted by Gasteiger charge is 2.28. The van der Waals surface area contributed by atoms with Crippen LogP contribution in [0.5, 0.6) is 0 Å². The van der Waals surface area contributed by atoms with Crippen LogP contribution in [0.25, 0.3) is 33.8 Å². The van der Waals surface area contributed by atoms with E-state index in [1.54, 1.807) is 7.05 Å². The molecule has 0 unspecified atom stereocenters. The molecule has 1 N–H and O–H groups in total. The lowest BCUT2D eigenvalue weighted by Crippen LogP contribution is -2.34. The lowest BCUT2D eigenvalue weighted by atomic mass is 10.0. The number of fused-ring (bicyclic) bond motifs is 3. The zero-order valence-electron chi connectivity index (χ0n) is 23.1. The van der Waals surface area contributed by atoms with Crippen LogP contribution in [-0.4, -0.2) is 45.2 Å². The van der Waals surface area contributed by atoms with E-state index < -0.39 is 23.3 Å². The molecule has 0 aliphatic heterocycles. The fourth-order valence-electron chi connectivity index (χ4n) is 4.07. The summed E-state index contributed by atoms with van der Waals surface area (Å²) in [6, 6.07) is 15.9. The van der Waals surface area contributed by atoms with Crippen LogP contribution in [0.2, 0.25) is 0 Å². The highest BCUT2D eigenvalue weighted by molar-refractivity contribution is 6.14. The van der Waals surface area contributed by atoms with Gasteiger partial charge in [0.15, 0.2) is 0 Å². The number of carbonyl (C=O) groups is 2. The smallest absolute Gasteiger partial charge is 0.410 e. The number of pyridine rings is 1. The molecule has 7 nitrogen and oxygen atoms in total. The molecule has 0 fully saturated rings. The number of nitrogens with zero attached hydrogens (tertiary/aromatic N) is 2. The summed E-state index contributed by atoms with van der Waals surface area (Å²) in [7, 11) is 1.63. The van der Waals surface area contributed by atoms with Gasteiger partial charge in [-0.1, -0.05) is 48.5 Å². The number of aromatic nitrogens is 2. The number of hydrogen-bond acceptors (Lipinski definition) is 5. The summed E-state index contributed by atoms with van der Waals surface area (Å²) in [6.07, 6.45) is 5.47. The average molecular weight is 514 g/mol. The second-order valence-electron chi connectivity index (χ2n) is 11.4. The Morgan fingerprint density at radius 3 is 2.26 bits per heavy atom. The van der Waals surface area contributed by atoms with Crippen LogP contribution in [0.1, 0.15) is 68.9 Å². The van der Waals surface area contributed by atoms with Gasteiger partial charge in [0.05, 0.1) is 23.3 Å². The van der Waals surface area contributed by atoms with Crippen molar-refractivity contribution in [3.05, 3.63) is 77.2 Å². The number of benzene rings is 2. The summed E-state index contributed by atoms with van der Waals surface area (Å²) in [5, 5.41) is 2.53. The van der Waals surface area contributed by atoms with Crippen LogP contribution < -0.4 is 0 Å². The van der Waals surface area contributed by atoms with Crippen molar-refractivity contribution in [3.63, 3.8) is 0 Å². The Hall–Kier alpha value is -4.13. The number of rotatable bonds is 5. The van der Waals surface area contributed by atoms with Gasteiger partial charge in [0.1, 0.15) is 11.2 Å². The topological polar surface area (TPSA) is 84.5 Å². The Morgan fingerprint density at radius 1 is 0.921 bits per heavy atom. The Labute approximate surface area is 223 Å². The Kier molecular flexibility index (Phi) is 7.31. The highest BCUT2D eigenvalue weighted by Crippen LogP contribution is 2.32. The Morgan fingerprint density at radius 2 is 1.61 bits per heavy atom. The lowest BCUT2D eigenvalue weighted by Gasteiger charge is -2.24. The third-order valence-electron chi connectivity index (χ3n) is 5.70. The number of nitrogens with one attached hydrogen (secondary N) is 1. The average Bonchev–Trinajstić information content (AvgIpc) is 3.19. The molecular weight excluding hydrogens is 478 g/mol. The molecule has 0 saturated heterocycles. The molecule has 0 bridgehead atoms. The number of carbonyl (C=O) groups excluding carboxylic acids is 2. The highest BCUT2D eigenvalue weighted by atomic mass is 16.6. The van der Waals surface area contributed by atoms with E-state index in [1.807, 2.05) is 108 Å². The summed E-state index contributed by atoms with van der Waals surface area (Å²) in [6.45, 7) is 11.0. The minimum Gasteiger partial charge on any atom is -0.456 e. The maximum Gasteiger partial charge on any atom is 0.410 e. The van der Waals surface area contributed by atoms with Crippen molar-refractivity contribution in [1.29, 1.82) is 0 Å². The molecular formula is C31H35N3O4. The normalized spacial score (nSPS) is 12.3. The van der Waals surface area contributed by atoms with E-state index in [9.17, 15) is 9.59 Å². The fourth-order valence-corrected chi connectivity index (χ4v) is 4.07. The zero-order valence-corrected chi connectivity index (χ0v) is 23.1. The second kappa shape index (κ2) is 10.3. The first kappa shape index (κ1) is 26.9. The van der Waals surface area contributed by atoms with Crippen LogP contribution in [0.4, 0.5) is 4.79 Å². The van der Waals surface area contributed by atoms with E-state index in [0.29, 0.717) is 22.2 Å². The van der Waals surface area contributed by atoms with Gasteiger partial charge in [-0.15, -0.1) is 0 Å². The first-order chi connectivity index (χ1) is 17.8. The molecule has 0 atom stereocenters. The standard InChI is InChI=1S/C31H35N3O4/c1-30(2,3)37-28(35)26-23-16-14-21-18-32-22(15-13-20-11-9-8-10-12-20)17-24(21)27(23)33-25(26)19-34(7)29(36)38-31(4,5)6/h8-18,32H,19H2,1-7H3. The minimum atomic E-state index is -0.684. The van der Waals surface area contributed by atoms with Gasteiger partial charge in [-0.05, 0) is 64.6 Å². The number of esters is 1. The van der Waals surface area contributed by atoms with Crippen molar-refractivity contribution in [2.45, 2.75) is 59.3 Å². The van der Waals surface area contributed by atoms with Crippen LogP contribution in [0.15, 0.2) is 54.7 Å². The van der Waals surface area contributed by atoms with Crippen molar-refractivity contribution in [2.75, 3.05) is 7.05 Å². The Balaban J connectivity index is 1.80. The number of hydrogen-bond donors (Lipinski definition) is 1. The van der Waals surface area contributed by atoms with E-state index in [-0.39, 0.29) is 6.54 Å². The minimum absolute atomic E-state index is 0.0966. The molecule has 38 heavy (non-hydrogen) atoms. The van der Waals surface area contributed by atoms with Gasteiger partial charge in [0.2, 0.25) is 0 Å². The molecule has 2 aromatic heterocycles. The third-order valence-corrected chi connectivity index (χ3v) is 5.70. The third kappa shape index (κ3) is 6.40. The SMILES string of the molecule is CN(Cc1nc2c(ccc3c[nH]c(C=Cc4ccccc4)cc32)c1C(=O)OC(C)(C)C)C(=O)OC(C)(C)C. The van der Waals surface area contributed by atoms with Gasteiger partial charge in [0.25, 0.3) is 0 Å². The van der Waals surface area contributed by atoms with Gasteiger partial charge in [-0.25, -0.2) is 14.6 Å². The predicted octanol–water partition coefficient (Wildman–Crippen LogP) is 7.21. The van der Waals surface area contributed by atoms with Crippen LogP contribution in [-0.2, 0) is 16.0 Å². The van der Waals surface area contributed by atoms with Crippen molar-refractivity contribution in [3.8, 4) is 0 Å². The maximum atomic E-state index is 13.4. The van der Waals surface area contributed by atoms with E-state index in [4.69, 9.17) is 14.5 Å². The molecule has 0 spiro atoms. The number of H-pyrrole nitrogens is 1. The molecule has 1 amide bonds. The van der Waals surface area contributed by atoms with Crippen molar-refractivity contribution < 1.29 is 19.1 Å². The summed E-state index contributed by atoms with van der Waals surface area (Å²) in [5.41, 5.74) is 2.16. The molecule has 0 saturated carbocycles. The molecule has 4 aromatic rings. The molecule has 7 heteroatoms. The van der Waals surface area contributed by atoms with E-state index in [1.165, 1.54) is 4.90 Å². The molecule has 0 aliphatic carbocycles. The fraction of sp³-hybridized carbons (Fsp3) is 0.323. The van der Waals surface area contributed by atoms with Crippen molar-refractivity contribution in [2.24, 2.45) is 0 Å². The molecule has 198 valence electrons. The van der Waals surface area contributed by atoms with Crippen molar-refractivity contribution in [1.82, 2.24) is 14.9 Å². The summed E-state index contributed by atoms with van der Waals surface area (Å²) >= 11 is 0. The van der Waals surface area contributed by atoms with Crippen LogP contribution >= 0.6 is 0 Å². The quantitative estimate of drug-likeness (QED) is 0.285. The first-order valence-corrected chi connectivity index (χ1v) is 12.6. The molecule has 4 rings (SSSR count). The van der Waals surface area contributed by atoms with Gasteiger partial charge in [-0.3, -0.25) is 0 Å². The van der Waals surface area contributed by atoms with E-state index >= 15 is 0 Å². The molecule has 2 heterocycles. The molecule has 0 aliphatic rings. The van der Waals surface area contributed by atoms with Gasteiger partial charge in [0, 0.05) is 29.7 Å². The summed E-state index contributed by atoms with van der Waals surface area (Å²) < 4.78 is 11.3. The van der Waals surface area contributed by atoms with Gasteiger partial charge < -0.3 is 19.4 Å². The van der Waals surface area contributed by atoms with Crippen LogP contribution in [0, 0.1) is 0 Å². The number of amides is 1. The second-order valence-corrected chi connectivity index (χ2v) is 11.4. The maximum absolute atomic E-state index is 13.4.